The van der Waals surface area contributed by atoms with E-state index in [9.17, 15) is 13.9 Å². The van der Waals surface area contributed by atoms with Crippen molar-refractivity contribution in [3.63, 3.8) is 0 Å². The third-order valence-electron chi connectivity index (χ3n) is 3.34. The average Bonchev–Trinajstić information content (AvgIpc) is 2.27. The second kappa shape index (κ2) is 4.11. The minimum atomic E-state index is -0.867. The first-order valence-electron chi connectivity index (χ1n) is 5.44. The predicted molar refractivity (Wildman–Crippen MR) is 56.7 cm³/mol. The third kappa shape index (κ3) is 1.95. The van der Waals surface area contributed by atoms with E-state index < -0.39 is 17.2 Å². The van der Waals surface area contributed by atoms with Gasteiger partial charge in [-0.3, -0.25) is 0 Å². The van der Waals surface area contributed by atoms with E-state index in [-0.39, 0.29) is 11.7 Å². The molecule has 0 spiro atoms. The Morgan fingerprint density at radius 1 is 1.25 bits per heavy atom. The molecule has 0 aliphatic heterocycles. The van der Waals surface area contributed by atoms with Crippen molar-refractivity contribution in [3.8, 4) is 0 Å². The van der Waals surface area contributed by atoms with Crippen molar-refractivity contribution in [1.29, 1.82) is 0 Å². The van der Waals surface area contributed by atoms with E-state index in [1.54, 1.807) is 0 Å². The first-order chi connectivity index (χ1) is 7.53. The molecular formula is C12H15F2NO. The lowest BCUT2D eigenvalue weighted by molar-refractivity contribution is 0.0955. The quantitative estimate of drug-likeness (QED) is 0.771. The van der Waals surface area contributed by atoms with Gasteiger partial charge in [0.05, 0.1) is 6.10 Å². The minimum Gasteiger partial charge on any atom is -0.393 e. The Morgan fingerprint density at radius 3 is 2.50 bits per heavy atom. The number of aliphatic hydroxyl groups is 1. The second-order valence-electron chi connectivity index (χ2n) is 4.49. The highest BCUT2D eigenvalue weighted by Gasteiger charge is 2.35. The fourth-order valence-corrected chi connectivity index (χ4v) is 2.28. The maximum Gasteiger partial charge on any atom is 0.163 e. The largest absolute Gasteiger partial charge is 0.393 e. The van der Waals surface area contributed by atoms with E-state index in [4.69, 9.17) is 5.73 Å². The zero-order chi connectivity index (χ0) is 11.8. The normalized spacial score (nSPS) is 30.4. The van der Waals surface area contributed by atoms with E-state index in [2.05, 4.69) is 0 Å². The first-order valence-corrected chi connectivity index (χ1v) is 5.44. The van der Waals surface area contributed by atoms with Gasteiger partial charge < -0.3 is 10.8 Å². The monoisotopic (exact) mass is 227 g/mol. The van der Waals surface area contributed by atoms with Gasteiger partial charge in [0.2, 0.25) is 0 Å². The van der Waals surface area contributed by atoms with Gasteiger partial charge in [-0.05, 0) is 31.7 Å². The van der Waals surface area contributed by atoms with Gasteiger partial charge in [0.1, 0.15) is 0 Å². The van der Waals surface area contributed by atoms with Gasteiger partial charge in [-0.25, -0.2) is 8.78 Å². The first kappa shape index (κ1) is 11.5. The van der Waals surface area contributed by atoms with Crippen LogP contribution in [0.3, 0.4) is 0 Å². The van der Waals surface area contributed by atoms with E-state index in [1.165, 1.54) is 12.1 Å². The summed E-state index contributed by atoms with van der Waals surface area (Å²) in [6.07, 6.45) is 1.66. The zero-order valence-corrected chi connectivity index (χ0v) is 8.92. The molecule has 0 heterocycles. The van der Waals surface area contributed by atoms with Crippen LogP contribution in [0.15, 0.2) is 18.2 Å². The molecule has 2 rings (SSSR count). The Labute approximate surface area is 93.1 Å². The highest BCUT2D eigenvalue weighted by molar-refractivity contribution is 5.27. The van der Waals surface area contributed by atoms with Crippen LogP contribution >= 0.6 is 0 Å². The molecule has 0 amide bonds. The van der Waals surface area contributed by atoms with Crippen molar-refractivity contribution in [2.45, 2.75) is 37.3 Å². The summed E-state index contributed by atoms with van der Waals surface area (Å²) < 4.78 is 26.7. The van der Waals surface area contributed by atoms with E-state index in [1.807, 2.05) is 0 Å². The van der Waals surface area contributed by atoms with Gasteiger partial charge in [0, 0.05) is 11.1 Å². The molecule has 88 valence electrons. The van der Waals surface area contributed by atoms with Crippen molar-refractivity contribution in [1.82, 2.24) is 0 Å². The van der Waals surface area contributed by atoms with Crippen molar-refractivity contribution < 1.29 is 13.9 Å². The molecule has 0 aromatic heterocycles. The van der Waals surface area contributed by atoms with Gasteiger partial charge in [-0.1, -0.05) is 12.1 Å². The van der Waals surface area contributed by atoms with Crippen LogP contribution < -0.4 is 5.73 Å². The molecule has 0 atom stereocenters. The van der Waals surface area contributed by atoms with Crippen molar-refractivity contribution in [3.05, 3.63) is 35.4 Å². The maximum absolute atomic E-state index is 13.6. The fourth-order valence-electron chi connectivity index (χ4n) is 2.28. The number of benzene rings is 1. The molecular weight excluding hydrogens is 212 g/mol. The van der Waals surface area contributed by atoms with Crippen LogP contribution in [0.5, 0.6) is 0 Å². The topological polar surface area (TPSA) is 46.2 Å². The smallest absolute Gasteiger partial charge is 0.163 e. The molecule has 1 saturated carbocycles. The Morgan fingerprint density at radius 2 is 1.88 bits per heavy atom. The van der Waals surface area contributed by atoms with Gasteiger partial charge in [0.25, 0.3) is 0 Å². The fraction of sp³-hybridized carbons (Fsp3) is 0.500. The molecule has 0 saturated heterocycles. The summed E-state index contributed by atoms with van der Waals surface area (Å²) in [4.78, 5) is 0. The zero-order valence-electron chi connectivity index (χ0n) is 8.92. The molecule has 1 aliphatic carbocycles. The number of halogens is 2. The van der Waals surface area contributed by atoms with Gasteiger partial charge >= 0.3 is 0 Å². The molecule has 16 heavy (non-hydrogen) atoms. The molecule has 0 unspecified atom stereocenters. The minimum absolute atomic E-state index is 0.222. The lowest BCUT2D eigenvalue weighted by Crippen LogP contribution is -2.42. The van der Waals surface area contributed by atoms with Crippen molar-refractivity contribution in [2.75, 3.05) is 0 Å². The molecule has 2 nitrogen and oxygen atoms in total. The number of aliphatic hydroxyl groups excluding tert-OH is 1. The Balaban J connectivity index is 2.32. The molecule has 1 fully saturated rings. The lowest BCUT2D eigenvalue weighted by Gasteiger charge is -2.36. The molecule has 1 aliphatic rings. The standard InChI is InChI=1S/C12H15F2NO/c13-10-3-1-2-9(11(10)14)12(15)6-4-8(16)5-7-12/h1-3,8,16H,4-7,15H2. The number of rotatable bonds is 1. The molecule has 0 bridgehead atoms. The summed E-state index contributed by atoms with van der Waals surface area (Å²) in [6, 6.07) is 4.07. The van der Waals surface area contributed by atoms with Crippen LogP contribution in [-0.4, -0.2) is 11.2 Å². The average molecular weight is 227 g/mol. The molecule has 4 heteroatoms. The summed E-state index contributed by atoms with van der Waals surface area (Å²) >= 11 is 0. The van der Waals surface area contributed by atoms with Crippen LogP contribution in [0.2, 0.25) is 0 Å². The SMILES string of the molecule is NC1(c2cccc(F)c2F)CCC(O)CC1. The van der Waals surface area contributed by atoms with Crippen LogP contribution in [-0.2, 0) is 5.54 Å². The summed E-state index contributed by atoms with van der Waals surface area (Å²) in [5.74, 6) is -1.73. The Hall–Kier alpha value is -1.00. The van der Waals surface area contributed by atoms with Crippen LogP contribution in [0.1, 0.15) is 31.2 Å². The van der Waals surface area contributed by atoms with E-state index in [0.29, 0.717) is 25.7 Å². The Bertz CT molecular complexity index is 387. The summed E-state index contributed by atoms with van der Waals surface area (Å²) in [5, 5.41) is 9.39. The molecule has 1 aromatic rings. The Kier molecular flexibility index (Phi) is 2.95. The van der Waals surface area contributed by atoms with Crippen molar-refractivity contribution >= 4 is 0 Å². The van der Waals surface area contributed by atoms with E-state index >= 15 is 0 Å². The highest BCUT2D eigenvalue weighted by Crippen LogP contribution is 2.36. The highest BCUT2D eigenvalue weighted by atomic mass is 19.2. The predicted octanol–water partition coefficient (Wildman–Crippen LogP) is 2.05. The summed E-state index contributed by atoms with van der Waals surface area (Å²) in [7, 11) is 0. The van der Waals surface area contributed by atoms with Gasteiger partial charge in [-0.15, -0.1) is 0 Å². The lowest BCUT2D eigenvalue weighted by atomic mass is 9.76. The molecule has 0 radical (unpaired) electrons. The second-order valence-corrected chi connectivity index (χ2v) is 4.49. The van der Waals surface area contributed by atoms with Crippen molar-refractivity contribution in [2.24, 2.45) is 5.73 Å². The molecule has 1 aromatic carbocycles. The van der Waals surface area contributed by atoms with E-state index in [0.717, 1.165) is 6.07 Å². The number of hydrogen-bond donors (Lipinski definition) is 2. The van der Waals surface area contributed by atoms with Crippen LogP contribution in [0.25, 0.3) is 0 Å². The number of hydrogen-bond acceptors (Lipinski definition) is 2. The maximum atomic E-state index is 13.6. The molecule has 3 N–H and O–H groups in total. The summed E-state index contributed by atoms with van der Waals surface area (Å²) in [6.45, 7) is 0. The van der Waals surface area contributed by atoms with Gasteiger partial charge in [0.15, 0.2) is 11.6 Å². The summed E-state index contributed by atoms with van der Waals surface area (Å²) in [5.41, 5.74) is 5.47. The third-order valence-corrected chi connectivity index (χ3v) is 3.34. The van der Waals surface area contributed by atoms with Gasteiger partial charge in [-0.2, -0.15) is 0 Å². The van der Waals surface area contributed by atoms with Crippen LogP contribution in [0, 0.1) is 11.6 Å². The van der Waals surface area contributed by atoms with Crippen LogP contribution in [0.4, 0.5) is 8.78 Å². The number of nitrogens with two attached hydrogens (primary N) is 1.